The van der Waals surface area contributed by atoms with Crippen LogP contribution in [-0.4, -0.2) is 30.8 Å². The molecule has 1 amide bonds. The molecule has 0 saturated carbocycles. The zero-order chi connectivity index (χ0) is 14.8. The molecule has 0 radical (unpaired) electrons. The van der Waals surface area contributed by atoms with Crippen molar-refractivity contribution in [3.63, 3.8) is 0 Å². The van der Waals surface area contributed by atoms with Crippen molar-refractivity contribution in [1.82, 2.24) is 19.6 Å². The maximum absolute atomic E-state index is 10.7. The molecule has 8 heteroatoms. The number of carbonyl (C=O) groups is 1. The SMILES string of the molecule is N#Cc1ccc(-c2cc(NC(=O)O)nc3ncnn23)cc1. The van der Waals surface area contributed by atoms with E-state index in [-0.39, 0.29) is 11.6 Å². The van der Waals surface area contributed by atoms with Gasteiger partial charge in [-0.3, -0.25) is 5.32 Å². The molecule has 0 atom stereocenters. The van der Waals surface area contributed by atoms with E-state index in [1.165, 1.54) is 10.8 Å². The second-order valence-corrected chi connectivity index (χ2v) is 4.12. The molecule has 0 unspecified atom stereocenters. The Morgan fingerprint density at radius 3 is 2.76 bits per heavy atom. The largest absolute Gasteiger partial charge is 0.465 e. The Kier molecular flexibility index (Phi) is 2.93. The van der Waals surface area contributed by atoms with E-state index in [0.717, 1.165) is 5.56 Å². The Labute approximate surface area is 118 Å². The third kappa shape index (κ3) is 2.35. The highest BCUT2D eigenvalue weighted by molar-refractivity contribution is 5.83. The van der Waals surface area contributed by atoms with Gasteiger partial charge in [-0.05, 0) is 12.1 Å². The van der Waals surface area contributed by atoms with Crippen molar-refractivity contribution in [1.29, 1.82) is 5.26 Å². The number of amides is 1. The minimum Gasteiger partial charge on any atom is -0.465 e. The maximum atomic E-state index is 10.7. The molecule has 102 valence electrons. The zero-order valence-electron chi connectivity index (χ0n) is 10.6. The van der Waals surface area contributed by atoms with Crippen LogP contribution in [0.3, 0.4) is 0 Å². The Morgan fingerprint density at radius 1 is 1.33 bits per heavy atom. The predicted octanol–water partition coefficient (Wildman–Crippen LogP) is 1.75. The fraction of sp³-hybridized carbons (Fsp3) is 0. The standard InChI is InChI=1S/C13H8N6O2/c14-6-8-1-3-9(4-2-8)10-5-11(18-13(20)21)17-12-15-7-16-19(10)12/h1-5,7H,(H,20,21)(H,15,16,17,18). The Bertz CT molecular complexity index is 862. The van der Waals surface area contributed by atoms with Crippen molar-refractivity contribution in [2.75, 3.05) is 5.32 Å². The highest BCUT2D eigenvalue weighted by atomic mass is 16.4. The molecule has 3 rings (SSSR count). The van der Waals surface area contributed by atoms with E-state index in [1.54, 1.807) is 30.3 Å². The number of hydrogen-bond acceptors (Lipinski definition) is 5. The summed E-state index contributed by atoms with van der Waals surface area (Å²) in [5, 5.41) is 23.9. The van der Waals surface area contributed by atoms with Gasteiger partial charge in [-0.25, -0.2) is 4.79 Å². The van der Waals surface area contributed by atoms with Crippen molar-refractivity contribution < 1.29 is 9.90 Å². The molecule has 2 aromatic heterocycles. The van der Waals surface area contributed by atoms with Gasteiger partial charge in [-0.1, -0.05) is 12.1 Å². The number of fused-ring (bicyclic) bond motifs is 1. The molecule has 2 heterocycles. The van der Waals surface area contributed by atoms with Crippen LogP contribution in [-0.2, 0) is 0 Å². The van der Waals surface area contributed by atoms with Crippen LogP contribution in [0, 0.1) is 11.3 Å². The quantitative estimate of drug-likeness (QED) is 0.738. The van der Waals surface area contributed by atoms with Gasteiger partial charge in [0, 0.05) is 11.6 Å². The van der Waals surface area contributed by atoms with Gasteiger partial charge >= 0.3 is 6.09 Å². The summed E-state index contributed by atoms with van der Waals surface area (Å²) in [5.41, 5.74) is 1.91. The first kappa shape index (κ1) is 12.6. The lowest BCUT2D eigenvalue weighted by Gasteiger charge is -2.07. The molecule has 21 heavy (non-hydrogen) atoms. The monoisotopic (exact) mass is 280 g/mol. The van der Waals surface area contributed by atoms with Gasteiger partial charge < -0.3 is 5.11 Å². The van der Waals surface area contributed by atoms with Crippen LogP contribution in [0.2, 0.25) is 0 Å². The van der Waals surface area contributed by atoms with Crippen LogP contribution in [0.1, 0.15) is 5.56 Å². The molecule has 0 aliphatic carbocycles. The van der Waals surface area contributed by atoms with E-state index < -0.39 is 6.09 Å². The number of rotatable bonds is 2. The number of carboxylic acid groups (broad SMARTS) is 1. The predicted molar refractivity (Wildman–Crippen MR) is 72.6 cm³/mol. The van der Waals surface area contributed by atoms with Crippen molar-refractivity contribution in [2.24, 2.45) is 0 Å². The van der Waals surface area contributed by atoms with Crippen molar-refractivity contribution >= 4 is 17.7 Å². The van der Waals surface area contributed by atoms with Crippen molar-refractivity contribution in [3.8, 4) is 17.3 Å². The van der Waals surface area contributed by atoms with E-state index >= 15 is 0 Å². The maximum Gasteiger partial charge on any atom is 0.410 e. The molecule has 0 aliphatic rings. The van der Waals surface area contributed by atoms with Gasteiger partial charge in [0.25, 0.3) is 5.78 Å². The molecule has 1 aromatic carbocycles. The van der Waals surface area contributed by atoms with Crippen LogP contribution in [0.4, 0.5) is 10.6 Å². The van der Waals surface area contributed by atoms with Crippen LogP contribution in [0.15, 0.2) is 36.7 Å². The second kappa shape index (κ2) is 4.90. The van der Waals surface area contributed by atoms with Crippen molar-refractivity contribution in [3.05, 3.63) is 42.2 Å². The fourth-order valence-electron chi connectivity index (χ4n) is 1.91. The number of anilines is 1. The number of benzene rings is 1. The zero-order valence-corrected chi connectivity index (χ0v) is 10.6. The van der Waals surface area contributed by atoms with Gasteiger partial charge in [-0.15, -0.1) is 0 Å². The average molecular weight is 280 g/mol. The summed E-state index contributed by atoms with van der Waals surface area (Å²) in [6.45, 7) is 0. The molecule has 2 N–H and O–H groups in total. The minimum atomic E-state index is -1.21. The van der Waals surface area contributed by atoms with Gasteiger partial charge in [0.2, 0.25) is 0 Å². The Balaban J connectivity index is 2.17. The molecule has 0 aliphatic heterocycles. The highest BCUT2D eigenvalue weighted by Gasteiger charge is 2.11. The normalized spacial score (nSPS) is 10.2. The molecule has 8 nitrogen and oxygen atoms in total. The van der Waals surface area contributed by atoms with Crippen LogP contribution < -0.4 is 5.32 Å². The molecular weight excluding hydrogens is 272 g/mol. The first-order valence-corrected chi connectivity index (χ1v) is 5.88. The summed E-state index contributed by atoms with van der Waals surface area (Å²) >= 11 is 0. The fourth-order valence-corrected chi connectivity index (χ4v) is 1.91. The minimum absolute atomic E-state index is 0.155. The first-order valence-electron chi connectivity index (χ1n) is 5.88. The number of hydrogen-bond donors (Lipinski definition) is 2. The van der Waals surface area contributed by atoms with Gasteiger partial charge in [0.05, 0.1) is 17.3 Å². The van der Waals surface area contributed by atoms with E-state index in [4.69, 9.17) is 10.4 Å². The number of nitrogens with zero attached hydrogens (tertiary/aromatic N) is 5. The second-order valence-electron chi connectivity index (χ2n) is 4.12. The van der Waals surface area contributed by atoms with E-state index in [9.17, 15) is 4.79 Å². The van der Waals surface area contributed by atoms with Crippen LogP contribution in [0.25, 0.3) is 17.0 Å². The molecule has 0 saturated heterocycles. The van der Waals surface area contributed by atoms with E-state index in [0.29, 0.717) is 11.3 Å². The number of nitrogens with one attached hydrogen (secondary N) is 1. The van der Waals surface area contributed by atoms with Gasteiger partial charge in [0.15, 0.2) is 0 Å². The topological polar surface area (TPSA) is 116 Å². The summed E-state index contributed by atoms with van der Waals surface area (Å²) in [5.74, 6) is 0.433. The van der Waals surface area contributed by atoms with Crippen molar-refractivity contribution in [2.45, 2.75) is 0 Å². The Morgan fingerprint density at radius 2 is 2.10 bits per heavy atom. The van der Waals surface area contributed by atoms with Gasteiger partial charge in [0.1, 0.15) is 12.1 Å². The summed E-state index contributed by atoms with van der Waals surface area (Å²) in [6.07, 6.45) is 0.122. The summed E-state index contributed by atoms with van der Waals surface area (Å²) in [4.78, 5) is 18.7. The molecule has 0 fully saturated rings. The smallest absolute Gasteiger partial charge is 0.410 e. The molecule has 0 spiro atoms. The van der Waals surface area contributed by atoms with E-state index in [1.807, 2.05) is 6.07 Å². The lowest BCUT2D eigenvalue weighted by molar-refractivity contribution is 0.209. The lowest BCUT2D eigenvalue weighted by atomic mass is 10.1. The summed E-state index contributed by atoms with van der Waals surface area (Å²) < 4.78 is 1.49. The average Bonchev–Trinajstić information content (AvgIpc) is 2.94. The molecular formula is C13H8N6O2. The third-order valence-electron chi connectivity index (χ3n) is 2.80. The van der Waals surface area contributed by atoms with E-state index in [2.05, 4.69) is 20.4 Å². The van der Waals surface area contributed by atoms with Crippen LogP contribution >= 0.6 is 0 Å². The molecule has 3 aromatic rings. The Hall–Kier alpha value is -3.47. The highest BCUT2D eigenvalue weighted by Crippen LogP contribution is 2.22. The summed E-state index contributed by atoms with van der Waals surface area (Å²) in [6, 6.07) is 10.4. The number of aromatic nitrogens is 4. The third-order valence-corrected chi connectivity index (χ3v) is 2.80. The first-order chi connectivity index (χ1) is 10.2. The lowest BCUT2D eigenvalue weighted by Crippen LogP contribution is -2.10. The molecule has 0 bridgehead atoms. The number of nitriles is 1. The van der Waals surface area contributed by atoms with Crippen LogP contribution in [0.5, 0.6) is 0 Å². The summed E-state index contributed by atoms with van der Waals surface area (Å²) in [7, 11) is 0. The van der Waals surface area contributed by atoms with Gasteiger partial charge in [-0.2, -0.15) is 24.8 Å².